The molecule has 0 N–H and O–H groups in total. The Morgan fingerprint density at radius 1 is 1.60 bits per heavy atom. The predicted octanol–water partition coefficient (Wildman–Crippen LogP) is 2.25. The molecular formula is C14H22N2O3S. The highest BCUT2D eigenvalue weighted by Gasteiger charge is 2.31. The van der Waals surface area contributed by atoms with E-state index < -0.39 is 0 Å². The number of ether oxygens (including phenoxy) is 2. The summed E-state index contributed by atoms with van der Waals surface area (Å²) in [5.41, 5.74) is 0.679. The van der Waals surface area contributed by atoms with Gasteiger partial charge < -0.3 is 14.4 Å². The van der Waals surface area contributed by atoms with Crippen LogP contribution >= 0.6 is 11.3 Å². The first-order valence-corrected chi connectivity index (χ1v) is 7.84. The van der Waals surface area contributed by atoms with Crippen molar-refractivity contribution in [1.29, 1.82) is 0 Å². The zero-order valence-electron chi connectivity index (χ0n) is 12.3. The second-order valence-electron chi connectivity index (χ2n) is 5.28. The smallest absolute Gasteiger partial charge is 0.311 e. The molecule has 1 saturated heterocycles. The highest BCUT2D eigenvalue weighted by molar-refractivity contribution is 7.13. The molecular weight excluding hydrogens is 276 g/mol. The number of anilines is 1. The lowest BCUT2D eigenvalue weighted by atomic mass is 9.95. The van der Waals surface area contributed by atoms with Gasteiger partial charge in [0.2, 0.25) is 0 Å². The number of hydrogen-bond acceptors (Lipinski definition) is 6. The van der Waals surface area contributed by atoms with Crippen molar-refractivity contribution in [2.75, 3.05) is 31.7 Å². The molecule has 0 saturated carbocycles. The van der Waals surface area contributed by atoms with Crippen LogP contribution in [-0.4, -0.2) is 43.4 Å². The molecule has 2 rings (SSSR count). The summed E-state index contributed by atoms with van der Waals surface area (Å²) in [5.74, 6) is -0.218. The van der Waals surface area contributed by atoms with E-state index in [2.05, 4.69) is 16.8 Å². The fraction of sp³-hybridized carbons (Fsp3) is 0.714. The zero-order valence-corrected chi connectivity index (χ0v) is 13.2. The number of rotatable bonds is 5. The summed E-state index contributed by atoms with van der Waals surface area (Å²) in [5, 5.41) is 2.90. The normalized spacial score (nSPS) is 22.9. The van der Waals surface area contributed by atoms with Gasteiger partial charge in [-0.25, -0.2) is 4.98 Å². The fourth-order valence-corrected chi connectivity index (χ4v) is 3.27. The van der Waals surface area contributed by atoms with Gasteiger partial charge in [-0.2, -0.15) is 0 Å². The van der Waals surface area contributed by atoms with E-state index in [1.807, 2.05) is 12.3 Å². The summed E-state index contributed by atoms with van der Waals surface area (Å²) in [6, 6.07) is 0. The molecule has 1 aromatic heterocycles. The third-order valence-corrected chi connectivity index (χ3v) is 4.54. The summed E-state index contributed by atoms with van der Waals surface area (Å²) < 4.78 is 10.5. The van der Waals surface area contributed by atoms with Gasteiger partial charge in [-0.1, -0.05) is 0 Å². The quantitative estimate of drug-likeness (QED) is 0.780. The Hall–Kier alpha value is -1.14. The molecule has 0 amide bonds. The second kappa shape index (κ2) is 6.54. The molecule has 5 nitrogen and oxygen atoms in total. The predicted molar refractivity (Wildman–Crippen MR) is 79.3 cm³/mol. The van der Waals surface area contributed by atoms with Gasteiger partial charge in [0.15, 0.2) is 5.13 Å². The monoisotopic (exact) mass is 298 g/mol. The first kappa shape index (κ1) is 15.3. The summed E-state index contributed by atoms with van der Waals surface area (Å²) in [6.07, 6.45) is 2.41. The lowest BCUT2D eigenvalue weighted by Gasteiger charge is -2.39. The van der Waals surface area contributed by atoms with Crippen LogP contribution in [0, 0.1) is 0 Å². The fourth-order valence-electron chi connectivity index (χ4n) is 2.42. The first-order valence-electron chi connectivity index (χ1n) is 6.96. The van der Waals surface area contributed by atoms with Gasteiger partial charge in [0.25, 0.3) is 0 Å². The maximum absolute atomic E-state index is 11.5. The second-order valence-corrected chi connectivity index (χ2v) is 6.12. The number of methoxy groups -OCH3 is 1. The van der Waals surface area contributed by atoms with Crippen molar-refractivity contribution in [3.8, 4) is 0 Å². The van der Waals surface area contributed by atoms with Crippen LogP contribution in [0.3, 0.4) is 0 Å². The Balaban J connectivity index is 1.99. The van der Waals surface area contributed by atoms with Gasteiger partial charge in [0, 0.05) is 25.6 Å². The van der Waals surface area contributed by atoms with Crippen molar-refractivity contribution >= 4 is 22.4 Å². The van der Waals surface area contributed by atoms with Crippen molar-refractivity contribution in [2.24, 2.45) is 0 Å². The minimum atomic E-state index is -0.218. The minimum Gasteiger partial charge on any atom is -0.466 e. The molecule has 1 aromatic rings. The lowest BCUT2D eigenvalue weighted by molar-refractivity contribution is -0.142. The van der Waals surface area contributed by atoms with Crippen LogP contribution in [0.4, 0.5) is 5.13 Å². The number of carbonyl (C=O) groups excluding carboxylic acids is 1. The Labute approximate surface area is 123 Å². The minimum absolute atomic E-state index is 0.106. The van der Waals surface area contributed by atoms with Crippen LogP contribution in [0.25, 0.3) is 0 Å². The van der Waals surface area contributed by atoms with Gasteiger partial charge in [0.1, 0.15) is 0 Å². The van der Waals surface area contributed by atoms with E-state index in [4.69, 9.17) is 9.47 Å². The van der Waals surface area contributed by atoms with Gasteiger partial charge in [-0.05, 0) is 26.7 Å². The van der Waals surface area contributed by atoms with Crippen molar-refractivity contribution in [1.82, 2.24) is 4.98 Å². The Morgan fingerprint density at radius 2 is 2.40 bits per heavy atom. The van der Waals surface area contributed by atoms with E-state index >= 15 is 0 Å². The van der Waals surface area contributed by atoms with Crippen molar-refractivity contribution in [3.63, 3.8) is 0 Å². The lowest BCUT2D eigenvalue weighted by Crippen LogP contribution is -2.47. The molecule has 0 spiro atoms. The topological polar surface area (TPSA) is 51.7 Å². The Morgan fingerprint density at radius 3 is 3.10 bits per heavy atom. The molecule has 0 aromatic carbocycles. The van der Waals surface area contributed by atoms with Crippen LogP contribution in [0.15, 0.2) is 5.38 Å². The third-order valence-electron chi connectivity index (χ3n) is 3.59. The van der Waals surface area contributed by atoms with E-state index in [0.29, 0.717) is 6.61 Å². The SMILES string of the molecule is CCOC(=O)Cc1csc(N2CCCC(C)(OC)C2)n1. The molecule has 20 heavy (non-hydrogen) atoms. The molecule has 0 radical (unpaired) electrons. The van der Waals surface area contributed by atoms with Crippen LogP contribution in [0.1, 0.15) is 32.4 Å². The number of esters is 1. The molecule has 1 fully saturated rings. The molecule has 2 heterocycles. The standard InChI is InChI=1S/C14H22N2O3S/c1-4-19-12(17)8-11-9-20-13(15-11)16-7-5-6-14(2,10-16)18-3/h9H,4-8,10H2,1-3H3. The van der Waals surface area contributed by atoms with Gasteiger partial charge >= 0.3 is 5.97 Å². The summed E-state index contributed by atoms with van der Waals surface area (Å²) >= 11 is 1.58. The summed E-state index contributed by atoms with van der Waals surface area (Å²) in [7, 11) is 1.76. The molecule has 0 aliphatic carbocycles. The Bertz CT molecular complexity index is 463. The largest absolute Gasteiger partial charge is 0.466 e. The van der Waals surface area contributed by atoms with E-state index in [0.717, 1.165) is 36.8 Å². The van der Waals surface area contributed by atoms with Crippen LogP contribution < -0.4 is 4.90 Å². The molecule has 6 heteroatoms. The molecule has 1 aliphatic heterocycles. The molecule has 1 atom stereocenters. The van der Waals surface area contributed by atoms with Crippen LogP contribution in [-0.2, 0) is 20.7 Å². The third kappa shape index (κ3) is 3.70. The van der Waals surface area contributed by atoms with E-state index in [1.165, 1.54) is 0 Å². The van der Waals surface area contributed by atoms with Gasteiger partial charge in [-0.3, -0.25) is 4.79 Å². The van der Waals surface area contributed by atoms with Crippen molar-refractivity contribution in [2.45, 2.75) is 38.7 Å². The average Bonchev–Trinajstić information content (AvgIpc) is 2.87. The van der Waals surface area contributed by atoms with Crippen molar-refractivity contribution < 1.29 is 14.3 Å². The van der Waals surface area contributed by atoms with E-state index in [-0.39, 0.29) is 18.0 Å². The maximum atomic E-state index is 11.5. The van der Waals surface area contributed by atoms with Gasteiger partial charge in [-0.15, -0.1) is 11.3 Å². The summed E-state index contributed by atoms with van der Waals surface area (Å²) in [4.78, 5) is 18.2. The highest BCUT2D eigenvalue weighted by atomic mass is 32.1. The van der Waals surface area contributed by atoms with Crippen molar-refractivity contribution in [3.05, 3.63) is 11.1 Å². The number of piperidine rings is 1. The number of carbonyl (C=O) groups is 1. The molecule has 112 valence electrons. The van der Waals surface area contributed by atoms with Gasteiger partial charge in [0.05, 0.1) is 24.3 Å². The van der Waals surface area contributed by atoms with Crippen LogP contribution in [0.2, 0.25) is 0 Å². The highest BCUT2D eigenvalue weighted by Crippen LogP contribution is 2.30. The number of aromatic nitrogens is 1. The number of nitrogens with zero attached hydrogens (tertiary/aromatic N) is 2. The summed E-state index contributed by atoms with van der Waals surface area (Å²) in [6.45, 7) is 6.19. The molecule has 1 aliphatic rings. The van der Waals surface area contributed by atoms with Crippen LogP contribution in [0.5, 0.6) is 0 Å². The average molecular weight is 298 g/mol. The molecule has 0 bridgehead atoms. The molecule has 1 unspecified atom stereocenters. The number of thiazole rings is 1. The first-order chi connectivity index (χ1) is 9.56. The zero-order chi connectivity index (χ0) is 14.6. The Kier molecular flexibility index (Phi) is 4.99. The maximum Gasteiger partial charge on any atom is 0.311 e. The van der Waals surface area contributed by atoms with E-state index in [1.54, 1.807) is 18.4 Å². The van der Waals surface area contributed by atoms with E-state index in [9.17, 15) is 4.79 Å². The number of hydrogen-bond donors (Lipinski definition) is 0.